The molecule has 6 nitrogen and oxygen atoms in total. The summed E-state index contributed by atoms with van der Waals surface area (Å²) in [7, 11) is 1.51. The van der Waals surface area contributed by atoms with Crippen molar-refractivity contribution in [2.75, 3.05) is 25.6 Å². The van der Waals surface area contributed by atoms with E-state index >= 15 is 0 Å². The Bertz CT molecular complexity index is 832. The number of methoxy groups -OCH3 is 1. The van der Waals surface area contributed by atoms with Gasteiger partial charge in [0.05, 0.1) is 19.3 Å². The molecule has 0 saturated carbocycles. The standard InChI is InChI=1S/C23H29NO5/c1-5-6-13-28-20-12-11-17(14-21(20)27-4)23(26)29-15-22(25)24-19-10-8-7-9-18(19)16(2)3/h7-12,14,16H,5-6,13,15H2,1-4H3,(H,24,25). The van der Waals surface area contributed by atoms with Crippen LogP contribution < -0.4 is 14.8 Å². The van der Waals surface area contributed by atoms with Gasteiger partial charge in [-0.05, 0) is 42.2 Å². The zero-order valence-corrected chi connectivity index (χ0v) is 17.5. The van der Waals surface area contributed by atoms with Crippen molar-refractivity contribution in [3.05, 3.63) is 53.6 Å². The van der Waals surface area contributed by atoms with E-state index in [0.717, 1.165) is 24.1 Å². The molecule has 156 valence electrons. The van der Waals surface area contributed by atoms with Crippen molar-refractivity contribution in [2.45, 2.75) is 39.5 Å². The summed E-state index contributed by atoms with van der Waals surface area (Å²) in [6.45, 7) is 6.39. The molecule has 2 rings (SSSR count). The SMILES string of the molecule is CCCCOc1ccc(C(=O)OCC(=O)Nc2ccccc2C(C)C)cc1OC. The number of carbonyl (C=O) groups excluding carboxylic acids is 2. The first kappa shape index (κ1) is 22.3. The summed E-state index contributed by atoms with van der Waals surface area (Å²) < 4.78 is 16.1. The molecule has 0 spiro atoms. The Morgan fingerprint density at radius 3 is 2.52 bits per heavy atom. The molecule has 0 atom stereocenters. The van der Waals surface area contributed by atoms with E-state index in [1.807, 2.05) is 38.1 Å². The highest BCUT2D eigenvalue weighted by atomic mass is 16.5. The number of para-hydroxylation sites is 1. The number of hydrogen-bond donors (Lipinski definition) is 1. The fraction of sp³-hybridized carbons (Fsp3) is 0.391. The van der Waals surface area contributed by atoms with Gasteiger partial charge >= 0.3 is 5.97 Å². The molecule has 2 aromatic rings. The van der Waals surface area contributed by atoms with E-state index in [4.69, 9.17) is 14.2 Å². The average Bonchev–Trinajstić information content (AvgIpc) is 2.72. The molecule has 1 N–H and O–H groups in total. The molecule has 0 heterocycles. The average molecular weight is 399 g/mol. The lowest BCUT2D eigenvalue weighted by atomic mass is 10.0. The highest BCUT2D eigenvalue weighted by Gasteiger charge is 2.15. The highest BCUT2D eigenvalue weighted by molar-refractivity contribution is 5.96. The van der Waals surface area contributed by atoms with Gasteiger partial charge in [0.2, 0.25) is 0 Å². The molecule has 0 unspecified atom stereocenters. The number of carbonyl (C=O) groups is 2. The third kappa shape index (κ3) is 6.52. The summed E-state index contributed by atoms with van der Waals surface area (Å²) in [6.07, 6.45) is 1.96. The molecule has 29 heavy (non-hydrogen) atoms. The maximum Gasteiger partial charge on any atom is 0.338 e. The van der Waals surface area contributed by atoms with E-state index in [0.29, 0.717) is 23.7 Å². The minimum atomic E-state index is -0.601. The van der Waals surface area contributed by atoms with Crippen LogP contribution in [0.15, 0.2) is 42.5 Å². The lowest BCUT2D eigenvalue weighted by Gasteiger charge is -2.14. The second-order valence-corrected chi connectivity index (χ2v) is 6.93. The predicted octanol–water partition coefficient (Wildman–Crippen LogP) is 4.79. The summed E-state index contributed by atoms with van der Waals surface area (Å²) >= 11 is 0. The first-order valence-electron chi connectivity index (χ1n) is 9.83. The van der Waals surface area contributed by atoms with Crippen molar-refractivity contribution in [3.8, 4) is 11.5 Å². The quantitative estimate of drug-likeness (QED) is 0.459. The van der Waals surface area contributed by atoms with Crippen molar-refractivity contribution in [1.29, 1.82) is 0 Å². The maximum atomic E-state index is 12.3. The van der Waals surface area contributed by atoms with E-state index in [1.54, 1.807) is 18.2 Å². The minimum Gasteiger partial charge on any atom is -0.493 e. The molecule has 1 amide bonds. The molecule has 0 aliphatic rings. The van der Waals surface area contributed by atoms with Gasteiger partial charge in [0.1, 0.15) is 0 Å². The smallest absolute Gasteiger partial charge is 0.338 e. The Balaban J connectivity index is 1.95. The molecule has 0 radical (unpaired) electrons. The van der Waals surface area contributed by atoms with Crippen molar-refractivity contribution < 1.29 is 23.8 Å². The van der Waals surface area contributed by atoms with Crippen LogP contribution in [0.1, 0.15) is 55.5 Å². The van der Waals surface area contributed by atoms with Crippen molar-refractivity contribution in [1.82, 2.24) is 0 Å². The van der Waals surface area contributed by atoms with Crippen molar-refractivity contribution >= 4 is 17.6 Å². The molecule has 2 aromatic carbocycles. The van der Waals surface area contributed by atoms with E-state index in [-0.39, 0.29) is 12.5 Å². The van der Waals surface area contributed by atoms with Gasteiger partial charge in [-0.25, -0.2) is 4.79 Å². The zero-order valence-electron chi connectivity index (χ0n) is 17.5. The Morgan fingerprint density at radius 1 is 1.07 bits per heavy atom. The summed E-state index contributed by atoms with van der Waals surface area (Å²) in [5, 5.41) is 2.80. The van der Waals surface area contributed by atoms with Crippen molar-refractivity contribution in [2.24, 2.45) is 0 Å². The number of anilines is 1. The van der Waals surface area contributed by atoms with Crippen LogP contribution >= 0.6 is 0 Å². The fourth-order valence-electron chi connectivity index (χ4n) is 2.76. The van der Waals surface area contributed by atoms with Gasteiger partial charge in [-0.15, -0.1) is 0 Å². The zero-order chi connectivity index (χ0) is 21.2. The lowest BCUT2D eigenvalue weighted by Crippen LogP contribution is -2.21. The van der Waals surface area contributed by atoms with Gasteiger partial charge in [0.25, 0.3) is 5.91 Å². The van der Waals surface area contributed by atoms with Crippen LogP contribution in [0.25, 0.3) is 0 Å². The van der Waals surface area contributed by atoms with E-state index in [2.05, 4.69) is 12.2 Å². The number of unbranched alkanes of at least 4 members (excludes halogenated alkanes) is 1. The Morgan fingerprint density at radius 2 is 1.83 bits per heavy atom. The number of ether oxygens (including phenoxy) is 3. The number of esters is 1. The number of benzene rings is 2. The first-order chi connectivity index (χ1) is 14.0. The monoisotopic (exact) mass is 399 g/mol. The lowest BCUT2D eigenvalue weighted by molar-refractivity contribution is -0.119. The van der Waals surface area contributed by atoms with Crippen LogP contribution in [0.3, 0.4) is 0 Å². The van der Waals surface area contributed by atoms with Gasteiger partial charge < -0.3 is 19.5 Å². The largest absolute Gasteiger partial charge is 0.493 e. The molecular formula is C23H29NO5. The normalized spacial score (nSPS) is 10.5. The summed E-state index contributed by atoms with van der Waals surface area (Å²) in [4.78, 5) is 24.5. The second-order valence-electron chi connectivity index (χ2n) is 6.93. The summed E-state index contributed by atoms with van der Waals surface area (Å²) in [5.41, 5.74) is 2.04. The summed E-state index contributed by atoms with van der Waals surface area (Å²) in [5.74, 6) is 0.291. The van der Waals surface area contributed by atoms with E-state index < -0.39 is 11.9 Å². The molecular weight excluding hydrogens is 370 g/mol. The number of hydrogen-bond acceptors (Lipinski definition) is 5. The van der Waals surface area contributed by atoms with E-state index in [1.165, 1.54) is 7.11 Å². The van der Waals surface area contributed by atoms with Crippen LogP contribution in [0.2, 0.25) is 0 Å². The first-order valence-corrected chi connectivity index (χ1v) is 9.83. The minimum absolute atomic E-state index is 0.263. The van der Waals surface area contributed by atoms with Crippen LogP contribution in [0.5, 0.6) is 11.5 Å². The van der Waals surface area contributed by atoms with Crippen molar-refractivity contribution in [3.63, 3.8) is 0 Å². The third-order valence-electron chi connectivity index (χ3n) is 4.35. The highest BCUT2D eigenvalue weighted by Crippen LogP contribution is 2.28. The Hall–Kier alpha value is -3.02. The fourth-order valence-corrected chi connectivity index (χ4v) is 2.76. The molecule has 0 aliphatic heterocycles. The Labute approximate surface area is 172 Å². The van der Waals surface area contributed by atoms with Crippen LogP contribution in [0, 0.1) is 0 Å². The topological polar surface area (TPSA) is 73.9 Å². The van der Waals surface area contributed by atoms with Crippen LogP contribution in [-0.2, 0) is 9.53 Å². The van der Waals surface area contributed by atoms with Gasteiger partial charge in [0, 0.05) is 5.69 Å². The van der Waals surface area contributed by atoms with Gasteiger partial charge in [-0.2, -0.15) is 0 Å². The molecule has 0 aromatic heterocycles. The van der Waals surface area contributed by atoms with Gasteiger partial charge in [-0.3, -0.25) is 4.79 Å². The van der Waals surface area contributed by atoms with Gasteiger partial charge in [0.15, 0.2) is 18.1 Å². The summed E-state index contributed by atoms with van der Waals surface area (Å²) in [6, 6.07) is 12.4. The van der Waals surface area contributed by atoms with Crippen LogP contribution in [0.4, 0.5) is 5.69 Å². The molecule has 6 heteroatoms. The number of rotatable bonds is 10. The number of nitrogens with one attached hydrogen (secondary N) is 1. The number of amides is 1. The Kier molecular flexibility index (Phi) is 8.52. The van der Waals surface area contributed by atoms with Gasteiger partial charge in [-0.1, -0.05) is 45.4 Å². The molecule has 0 saturated heterocycles. The van der Waals surface area contributed by atoms with Crippen LogP contribution in [-0.4, -0.2) is 32.2 Å². The predicted molar refractivity (Wildman–Crippen MR) is 113 cm³/mol. The molecule has 0 aliphatic carbocycles. The molecule has 0 fully saturated rings. The maximum absolute atomic E-state index is 12.3. The van der Waals surface area contributed by atoms with E-state index in [9.17, 15) is 9.59 Å². The third-order valence-corrected chi connectivity index (χ3v) is 4.35. The molecule has 0 bridgehead atoms. The second kappa shape index (κ2) is 11.1.